The molecule has 0 fully saturated rings. The van der Waals surface area contributed by atoms with Crippen LogP contribution in [0.5, 0.6) is 0 Å². The summed E-state index contributed by atoms with van der Waals surface area (Å²) in [6, 6.07) is 6.75. The van der Waals surface area contributed by atoms with Gasteiger partial charge in [0.2, 0.25) is 0 Å². The average molecular weight is 303 g/mol. The van der Waals surface area contributed by atoms with Crippen LogP contribution in [0.15, 0.2) is 24.3 Å². The largest absolute Gasteiger partial charge is 0.523 e. The molecule has 102 valence electrons. The smallest absolute Gasteiger partial charge is 0.263 e. The van der Waals surface area contributed by atoms with Crippen molar-refractivity contribution in [1.29, 1.82) is 0 Å². The van der Waals surface area contributed by atoms with Crippen LogP contribution in [0, 0.1) is 0 Å². The van der Waals surface area contributed by atoms with Gasteiger partial charge in [0.25, 0.3) is 0 Å². The number of rotatable bonds is 5. The molecule has 1 aromatic rings. The maximum Gasteiger partial charge on any atom is 0.523 e. The van der Waals surface area contributed by atoms with Crippen molar-refractivity contribution < 1.29 is 25.8 Å². The molecular weight excluding hydrogens is 293 g/mol. The summed E-state index contributed by atoms with van der Waals surface area (Å²) < 4.78 is 60.7. The molecule has 0 unspecified atom stereocenters. The zero-order valence-electron chi connectivity index (χ0n) is 9.08. The summed E-state index contributed by atoms with van der Waals surface area (Å²) in [7, 11) is -5.49. The molecule has 0 saturated heterocycles. The molecule has 8 heteroatoms. The van der Waals surface area contributed by atoms with Crippen LogP contribution in [0.1, 0.15) is 12.0 Å². The van der Waals surface area contributed by atoms with E-state index >= 15 is 0 Å². The van der Waals surface area contributed by atoms with Crippen LogP contribution < -0.4 is 0 Å². The van der Waals surface area contributed by atoms with Gasteiger partial charge in [-0.05, 0) is 30.5 Å². The van der Waals surface area contributed by atoms with Crippen LogP contribution >= 0.6 is 11.6 Å². The fourth-order valence-corrected chi connectivity index (χ4v) is 1.89. The van der Waals surface area contributed by atoms with Gasteiger partial charge in [-0.2, -0.15) is 21.6 Å². The van der Waals surface area contributed by atoms with Gasteiger partial charge in [0.05, 0.1) is 6.61 Å². The molecule has 18 heavy (non-hydrogen) atoms. The standard InChI is InChI=1S/C10H10ClF3O3S/c11-9-5-1-3-8(7-9)4-2-6-17-18(15,16)10(12,13)14/h1,3,5,7H,2,4,6H2. The average Bonchev–Trinajstić information content (AvgIpc) is 2.23. The second-order valence-corrected chi connectivity index (χ2v) is 5.50. The summed E-state index contributed by atoms with van der Waals surface area (Å²) in [5.41, 5.74) is -4.57. The van der Waals surface area contributed by atoms with Crippen LogP contribution in [0.4, 0.5) is 13.2 Å². The molecule has 0 bridgehead atoms. The highest BCUT2D eigenvalue weighted by molar-refractivity contribution is 7.87. The van der Waals surface area contributed by atoms with Crippen molar-refractivity contribution in [2.45, 2.75) is 18.3 Å². The van der Waals surface area contributed by atoms with E-state index in [4.69, 9.17) is 11.6 Å². The molecule has 3 nitrogen and oxygen atoms in total. The summed E-state index contributed by atoms with van der Waals surface area (Å²) in [6.45, 7) is -0.519. The van der Waals surface area contributed by atoms with Crippen molar-refractivity contribution in [3.8, 4) is 0 Å². The highest BCUT2D eigenvalue weighted by atomic mass is 35.5. The molecule has 1 rings (SSSR count). The third kappa shape index (κ3) is 4.47. The first-order valence-electron chi connectivity index (χ1n) is 4.92. The minimum absolute atomic E-state index is 0.148. The topological polar surface area (TPSA) is 43.4 Å². The first-order chi connectivity index (χ1) is 8.22. The molecule has 0 amide bonds. The lowest BCUT2D eigenvalue weighted by atomic mass is 10.1. The van der Waals surface area contributed by atoms with Gasteiger partial charge in [-0.25, -0.2) is 0 Å². The van der Waals surface area contributed by atoms with E-state index in [1.54, 1.807) is 24.3 Å². The number of halogens is 4. The first-order valence-corrected chi connectivity index (χ1v) is 6.71. The summed E-state index contributed by atoms with van der Waals surface area (Å²) in [5.74, 6) is 0. The van der Waals surface area contributed by atoms with Crippen molar-refractivity contribution in [1.82, 2.24) is 0 Å². The van der Waals surface area contributed by atoms with Crippen molar-refractivity contribution in [2.24, 2.45) is 0 Å². The van der Waals surface area contributed by atoms with Gasteiger partial charge in [-0.1, -0.05) is 23.7 Å². The normalized spacial score (nSPS) is 12.7. The Morgan fingerprint density at radius 2 is 1.94 bits per heavy atom. The highest BCUT2D eigenvalue weighted by Gasteiger charge is 2.47. The van der Waals surface area contributed by atoms with E-state index in [0.717, 1.165) is 5.56 Å². The minimum atomic E-state index is -5.49. The SMILES string of the molecule is O=S(=O)(OCCCc1cccc(Cl)c1)C(F)(F)F. The lowest BCUT2D eigenvalue weighted by molar-refractivity contribution is -0.0542. The summed E-state index contributed by atoms with van der Waals surface area (Å²) in [6.07, 6.45) is 0.531. The molecular formula is C10H10ClF3O3S. The molecule has 0 aliphatic carbocycles. The van der Waals surface area contributed by atoms with Gasteiger partial charge in [0.15, 0.2) is 0 Å². The van der Waals surface area contributed by atoms with Crippen LogP contribution in [0.2, 0.25) is 5.02 Å². The Morgan fingerprint density at radius 3 is 2.50 bits per heavy atom. The Kier molecular flexibility index (Phi) is 5.01. The molecule has 0 N–H and O–H groups in total. The number of aryl methyl sites for hydroxylation is 1. The van der Waals surface area contributed by atoms with Crippen molar-refractivity contribution in [3.05, 3.63) is 34.9 Å². The van der Waals surface area contributed by atoms with Crippen molar-refractivity contribution in [2.75, 3.05) is 6.61 Å². The number of hydrogen-bond donors (Lipinski definition) is 0. The third-order valence-electron chi connectivity index (χ3n) is 2.02. The van der Waals surface area contributed by atoms with Crippen LogP contribution in [0.3, 0.4) is 0 Å². The van der Waals surface area contributed by atoms with Crippen molar-refractivity contribution >= 4 is 21.7 Å². The monoisotopic (exact) mass is 302 g/mol. The molecule has 0 spiro atoms. The maximum absolute atomic E-state index is 11.9. The fraction of sp³-hybridized carbons (Fsp3) is 0.400. The van der Waals surface area contributed by atoms with E-state index in [2.05, 4.69) is 4.18 Å². The Labute approximate surface area is 108 Å². The fourth-order valence-electron chi connectivity index (χ4n) is 1.20. The van der Waals surface area contributed by atoms with Crippen LogP contribution in [0.25, 0.3) is 0 Å². The van der Waals surface area contributed by atoms with Gasteiger partial charge in [0.1, 0.15) is 0 Å². The molecule has 0 radical (unpaired) electrons. The summed E-state index contributed by atoms with van der Waals surface area (Å²) in [5, 5.41) is 0.510. The Balaban J connectivity index is 2.41. The van der Waals surface area contributed by atoms with E-state index in [9.17, 15) is 21.6 Å². The van der Waals surface area contributed by atoms with Gasteiger partial charge in [-0.15, -0.1) is 0 Å². The van der Waals surface area contributed by atoms with Gasteiger partial charge in [-0.3, -0.25) is 4.18 Å². The van der Waals surface area contributed by atoms with E-state index in [0.29, 0.717) is 11.4 Å². The molecule has 1 aromatic carbocycles. The minimum Gasteiger partial charge on any atom is -0.263 e. The van der Waals surface area contributed by atoms with E-state index in [-0.39, 0.29) is 6.42 Å². The predicted octanol–water partition coefficient (Wildman–Crippen LogP) is 3.14. The quantitative estimate of drug-likeness (QED) is 0.477. The summed E-state index contributed by atoms with van der Waals surface area (Å²) >= 11 is 5.71. The zero-order chi connectivity index (χ0) is 13.8. The number of benzene rings is 1. The van der Waals surface area contributed by atoms with Gasteiger partial charge >= 0.3 is 15.6 Å². The molecule has 0 atom stereocenters. The Hall–Kier alpha value is -0.790. The summed E-state index contributed by atoms with van der Waals surface area (Å²) in [4.78, 5) is 0. The van der Waals surface area contributed by atoms with Crippen LogP contribution in [-0.2, 0) is 20.7 Å². The Morgan fingerprint density at radius 1 is 1.28 bits per heavy atom. The van der Waals surface area contributed by atoms with Crippen molar-refractivity contribution in [3.63, 3.8) is 0 Å². The molecule has 0 heterocycles. The molecule has 0 saturated carbocycles. The highest BCUT2D eigenvalue weighted by Crippen LogP contribution is 2.24. The lowest BCUT2D eigenvalue weighted by Crippen LogP contribution is -2.25. The second-order valence-electron chi connectivity index (χ2n) is 3.46. The van der Waals surface area contributed by atoms with Crippen LogP contribution in [-0.4, -0.2) is 20.5 Å². The molecule has 0 aliphatic rings. The molecule has 0 aromatic heterocycles. The second kappa shape index (κ2) is 5.90. The van der Waals surface area contributed by atoms with Gasteiger partial charge < -0.3 is 0 Å². The van der Waals surface area contributed by atoms with E-state index in [1.165, 1.54) is 0 Å². The molecule has 0 aliphatic heterocycles. The van der Waals surface area contributed by atoms with Gasteiger partial charge in [0, 0.05) is 5.02 Å². The number of alkyl halides is 3. The lowest BCUT2D eigenvalue weighted by Gasteiger charge is -2.08. The first kappa shape index (κ1) is 15.3. The number of hydrogen-bond acceptors (Lipinski definition) is 3. The van der Waals surface area contributed by atoms with E-state index in [1.807, 2.05) is 0 Å². The third-order valence-corrected chi connectivity index (χ3v) is 3.30. The Bertz CT molecular complexity index is 499. The van der Waals surface area contributed by atoms with E-state index < -0.39 is 22.2 Å². The zero-order valence-corrected chi connectivity index (χ0v) is 10.6. The maximum atomic E-state index is 11.9. The predicted molar refractivity (Wildman–Crippen MR) is 60.7 cm³/mol.